The van der Waals surface area contributed by atoms with E-state index in [1.165, 1.54) is 10.6 Å². The Morgan fingerprint density at radius 2 is 1.80 bits per heavy atom. The highest BCUT2D eigenvalue weighted by atomic mass is 32.2. The highest BCUT2D eigenvalue weighted by Crippen LogP contribution is 2.33. The van der Waals surface area contributed by atoms with Crippen LogP contribution in [0, 0.1) is 0 Å². The molecule has 1 aliphatic carbocycles. The number of benzene rings is 1. The summed E-state index contributed by atoms with van der Waals surface area (Å²) in [6.07, 6.45) is 3.55. The number of carbonyl (C=O) groups is 1. The maximum absolute atomic E-state index is 12.6. The van der Waals surface area contributed by atoms with E-state index >= 15 is 0 Å². The summed E-state index contributed by atoms with van der Waals surface area (Å²) in [7, 11) is -0.190. The summed E-state index contributed by atoms with van der Waals surface area (Å²) in [6.45, 7) is 0.951. The van der Waals surface area contributed by atoms with Crippen molar-refractivity contribution in [1.82, 2.24) is 9.21 Å². The third-order valence-corrected chi connectivity index (χ3v) is 6.02. The SMILES string of the molecule is COc1cc2c(cc1OC)CN(C(=O)CN(C1CC1)S(C)(=O)=O)CC2. The predicted molar refractivity (Wildman–Crippen MR) is 93.2 cm³/mol. The van der Waals surface area contributed by atoms with Gasteiger partial charge in [0, 0.05) is 19.1 Å². The Hall–Kier alpha value is -1.80. The number of hydrogen-bond acceptors (Lipinski definition) is 5. The molecular weight excluding hydrogens is 344 g/mol. The molecule has 0 aromatic heterocycles. The van der Waals surface area contributed by atoms with Crippen LogP contribution in [0.25, 0.3) is 0 Å². The highest BCUT2D eigenvalue weighted by molar-refractivity contribution is 7.88. The first-order valence-electron chi connectivity index (χ1n) is 8.32. The van der Waals surface area contributed by atoms with Gasteiger partial charge in [0.2, 0.25) is 15.9 Å². The average molecular weight is 368 g/mol. The number of methoxy groups -OCH3 is 2. The van der Waals surface area contributed by atoms with Gasteiger partial charge in [-0.3, -0.25) is 4.79 Å². The number of nitrogens with zero attached hydrogens (tertiary/aromatic N) is 2. The van der Waals surface area contributed by atoms with Gasteiger partial charge in [0.25, 0.3) is 0 Å². The molecule has 1 amide bonds. The molecule has 0 spiro atoms. The van der Waals surface area contributed by atoms with Crippen LogP contribution >= 0.6 is 0 Å². The second-order valence-electron chi connectivity index (χ2n) is 6.58. The molecule has 7 nitrogen and oxygen atoms in total. The number of amides is 1. The summed E-state index contributed by atoms with van der Waals surface area (Å²) in [6, 6.07) is 3.83. The molecule has 3 rings (SSSR count). The van der Waals surface area contributed by atoms with Crippen molar-refractivity contribution in [2.45, 2.75) is 31.8 Å². The van der Waals surface area contributed by atoms with Gasteiger partial charge in [-0.25, -0.2) is 8.42 Å². The Morgan fingerprint density at radius 3 is 2.32 bits per heavy atom. The van der Waals surface area contributed by atoms with Crippen LogP contribution in [-0.4, -0.2) is 63.1 Å². The molecule has 1 aliphatic heterocycles. The molecule has 0 bridgehead atoms. The van der Waals surface area contributed by atoms with Gasteiger partial charge in [-0.05, 0) is 42.5 Å². The number of carbonyl (C=O) groups excluding carboxylic acids is 1. The van der Waals surface area contributed by atoms with Gasteiger partial charge in [0.05, 0.1) is 27.0 Å². The Balaban J connectivity index is 1.74. The summed E-state index contributed by atoms with van der Waals surface area (Å²) in [5, 5.41) is 0. The predicted octanol–water partition coefficient (Wildman–Crippen LogP) is 1.01. The minimum absolute atomic E-state index is 0.0135. The van der Waals surface area contributed by atoms with E-state index in [2.05, 4.69) is 0 Å². The standard InChI is InChI=1S/C17H24N2O5S/c1-23-15-8-12-6-7-18(10-13(12)9-16(15)24-2)17(20)11-19(14-4-5-14)25(3,21)22/h8-9,14H,4-7,10-11H2,1-3H3. The van der Waals surface area contributed by atoms with Crippen molar-refractivity contribution < 1.29 is 22.7 Å². The molecule has 138 valence electrons. The highest BCUT2D eigenvalue weighted by Gasteiger charge is 2.37. The molecule has 1 heterocycles. The molecule has 0 saturated heterocycles. The fourth-order valence-electron chi connectivity index (χ4n) is 3.21. The summed E-state index contributed by atoms with van der Waals surface area (Å²) < 4.78 is 35.8. The number of rotatable bonds is 6. The van der Waals surface area contributed by atoms with Gasteiger partial charge in [0.15, 0.2) is 11.5 Å². The summed E-state index contributed by atoms with van der Waals surface area (Å²) in [4.78, 5) is 14.4. The first kappa shape index (κ1) is 18.0. The van der Waals surface area contributed by atoms with Gasteiger partial charge in [-0.1, -0.05) is 0 Å². The first-order chi connectivity index (χ1) is 11.8. The van der Waals surface area contributed by atoms with Gasteiger partial charge >= 0.3 is 0 Å². The number of fused-ring (bicyclic) bond motifs is 1. The van der Waals surface area contributed by atoms with Gasteiger partial charge in [0.1, 0.15) is 0 Å². The Bertz CT molecular complexity index is 773. The van der Waals surface area contributed by atoms with E-state index in [0.29, 0.717) is 31.0 Å². The minimum atomic E-state index is -3.37. The van der Waals surface area contributed by atoms with Gasteiger partial charge in [-0.2, -0.15) is 4.31 Å². The first-order valence-corrected chi connectivity index (χ1v) is 10.2. The van der Waals surface area contributed by atoms with Gasteiger partial charge < -0.3 is 14.4 Å². The lowest BCUT2D eigenvalue weighted by molar-refractivity contribution is -0.132. The zero-order valence-electron chi connectivity index (χ0n) is 14.8. The van der Waals surface area contributed by atoms with Crippen molar-refractivity contribution >= 4 is 15.9 Å². The monoisotopic (exact) mass is 368 g/mol. The second kappa shape index (κ2) is 6.84. The van der Waals surface area contributed by atoms with E-state index in [9.17, 15) is 13.2 Å². The van der Waals surface area contributed by atoms with Crippen LogP contribution in [0.15, 0.2) is 12.1 Å². The quantitative estimate of drug-likeness (QED) is 0.749. The number of sulfonamides is 1. The van der Waals surface area contributed by atoms with E-state index in [0.717, 1.165) is 24.0 Å². The Kier molecular flexibility index (Phi) is 4.92. The number of hydrogen-bond donors (Lipinski definition) is 0. The lowest BCUT2D eigenvalue weighted by Gasteiger charge is -2.31. The molecule has 8 heteroatoms. The topological polar surface area (TPSA) is 76.2 Å². The van der Waals surface area contributed by atoms with Crippen LogP contribution in [0.4, 0.5) is 0 Å². The zero-order chi connectivity index (χ0) is 18.2. The van der Waals surface area contributed by atoms with Crippen LogP contribution in [0.2, 0.25) is 0 Å². The van der Waals surface area contributed by atoms with E-state index < -0.39 is 10.0 Å². The molecule has 0 N–H and O–H groups in total. The van der Waals surface area contributed by atoms with Crippen LogP contribution in [0.3, 0.4) is 0 Å². The van der Waals surface area contributed by atoms with Crippen LogP contribution in [0.1, 0.15) is 24.0 Å². The lowest BCUT2D eigenvalue weighted by atomic mass is 9.98. The number of ether oxygens (including phenoxy) is 2. The van der Waals surface area contributed by atoms with Crippen LogP contribution in [0.5, 0.6) is 11.5 Å². The van der Waals surface area contributed by atoms with E-state index in [4.69, 9.17) is 9.47 Å². The molecule has 25 heavy (non-hydrogen) atoms. The summed E-state index contributed by atoms with van der Waals surface area (Å²) >= 11 is 0. The van der Waals surface area contributed by atoms with Crippen molar-refractivity contribution in [3.05, 3.63) is 23.3 Å². The summed E-state index contributed by atoms with van der Waals surface area (Å²) in [5.74, 6) is 1.15. The molecule has 1 saturated carbocycles. The second-order valence-corrected chi connectivity index (χ2v) is 8.52. The van der Waals surface area contributed by atoms with Crippen molar-refractivity contribution in [1.29, 1.82) is 0 Å². The van der Waals surface area contributed by atoms with Crippen LogP contribution < -0.4 is 9.47 Å². The van der Waals surface area contributed by atoms with E-state index in [-0.39, 0.29) is 18.5 Å². The third kappa shape index (κ3) is 3.90. The third-order valence-electron chi connectivity index (χ3n) is 4.74. The largest absolute Gasteiger partial charge is 0.493 e. The molecule has 2 aliphatic rings. The maximum atomic E-state index is 12.6. The molecule has 1 fully saturated rings. The van der Waals surface area contributed by atoms with Crippen LogP contribution in [-0.2, 0) is 27.8 Å². The van der Waals surface area contributed by atoms with E-state index in [1.807, 2.05) is 12.1 Å². The Labute approximate surface area is 148 Å². The summed E-state index contributed by atoms with van der Waals surface area (Å²) in [5.41, 5.74) is 2.14. The van der Waals surface area contributed by atoms with Crippen molar-refractivity contribution in [3.63, 3.8) is 0 Å². The molecule has 1 aromatic rings. The smallest absolute Gasteiger partial charge is 0.238 e. The van der Waals surface area contributed by atoms with Crippen molar-refractivity contribution in [2.24, 2.45) is 0 Å². The maximum Gasteiger partial charge on any atom is 0.238 e. The fourth-order valence-corrected chi connectivity index (χ4v) is 4.31. The van der Waals surface area contributed by atoms with Crippen molar-refractivity contribution in [2.75, 3.05) is 33.6 Å². The van der Waals surface area contributed by atoms with E-state index in [1.54, 1.807) is 19.1 Å². The Morgan fingerprint density at radius 1 is 1.20 bits per heavy atom. The molecule has 1 aromatic carbocycles. The normalized spacial score (nSPS) is 17.4. The minimum Gasteiger partial charge on any atom is -0.493 e. The zero-order valence-corrected chi connectivity index (χ0v) is 15.6. The lowest BCUT2D eigenvalue weighted by Crippen LogP contribution is -2.45. The molecule has 0 unspecified atom stereocenters. The molecule has 0 atom stereocenters. The molecular formula is C17H24N2O5S. The van der Waals surface area contributed by atoms with Crippen molar-refractivity contribution in [3.8, 4) is 11.5 Å². The average Bonchev–Trinajstić information content (AvgIpc) is 3.41. The fraction of sp³-hybridized carbons (Fsp3) is 0.588. The molecule has 0 radical (unpaired) electrons. The van der Waals surface area contributed by atoms with Gasteiger partial charge in [-0.15, -0.1) is 0 Å².